The lowest BCUT2D eigenvalue weighted by atomic mass is 9.81. The monoisotopic (exact) mass is 602 g/mol. The number of benzene rings is 2. The number of unbranched alkanes of at least 4 members (excludes halogenated alkanes) is 10. The topological polar surface area (TPSA) is 58.7 Å². The molecule has 0 spiro atoms. The molecule has 2 atom stereocenters. The van der Waals surface area contributed by atoms with Gasteiger partial charge in [0.2, 0.25) is 0 Å². The number of fused-ring (bicyclic) bond motifs is 1. The molecule has 2 aromatic carbocycles. The smallest absolute Gasteiger partial charge is 0.343 e. The maximum absolute atomic E-state index is 13.7. The summed E-state index contributed by atoms with van der Waals surface area (Å²) in [6.07, 6.45) is 18.8. The second-order valence-electron chi connectivity index (χ2n) is 13.6. The van der Waals surface area contributed by atoms with Gasteiger partial charge < -0.3 is 9.47 Å². The van der Waals surface area contributed by atoms with Crippen molar-refractivity contribution in [2.45, 2.75) is 148 Å². The number of hydrogen-bond donors (Lipinski definition) is 0. The standard InChI is InChI=1S/C39H56NO4/c1-5-7-9-11-13-15-27-38(3)30-35-36(18-17-28-39(35,4)40(38)42)44-37(41)33-21-19-31(20-22-33)32-23-25-34(26-24-32)43-29-16-14-12-10-8-6-2/h19-26H,5-18,27-30H2,1-4H3. The molecule has 1 fully saturated rings. The highest BCUT2D eigenvalue weighted by atomic mass is 16.5. The molecule has 0 saturated carbocycles. The minimum absolute atomic E-state index is 0.344. The summed E-state index contributed by atoms with van der Waals surface area (Å²) < 4.78 is 12.0. The number of hydroxylamine groups is 2. The summed E-state index contributed by atoms with van der Waals surface area (Å²) in [7, 11) is 0. The molecule has 1 aliphatic carbocycles. The number of esters is 1. The number of carbonyl (C=O) groups is 1. The van der Waals surface area contributed by atoms with Crippen LogP contribution in [0.3, 0.4) is 0 Å². The molecule has 241 valence electrons. The Bertz CT molecular complexity index is 1200. The van der Waals surface area contributed by atoms with Crippen LogP contribution in [0.15, 0.2) is 59.9 Å². The van der Waals surface area contributed by atoms with Crippen molar-refractivity contribution >= 4 is 5.97 Å². The van der Waals surface area contributed by atoms with Gasteiger partial charge in [0.15, 0.2) is 0 Å². The fourth-order valence-electron chi connectivity index (χ4n) is 7.13. The Morgan fingerprint density at radius 1 is 0.773 bits per heavy atom. The van der Waals surface area contributed by atoms with Crippen molar-refractivity contribution in [1.29, 1.82) is 0 Å². The number of hydrogen-bond acceptors (Lipinski definition) is 4. The molecule has 0 aromatic heterocycles. The Morgan fingerprint density at radius 3 is 1.98 bits per heavy atom. The van der Waals surface area contributed by atoms with Gasteiger partial charge in [-0.2, -0.15) is 0 Å². The van der Waals surface area contributed by atoms with Gasteiger partial charge in [0, 0.05) is 6.42 Å². The molecule has 2 unspecified atom stereocenters. The zero-order valence-electron chi connectivity index (χ0n) is 27.9. The van der Waals surface area contributed by atoms with E-state index in [0.717, 1.165) is 66.9 Å². The van der Waals surface area contributed by atoms with Crippen LogP contribution in [-0.2, 0) is 9.94 Å². The van der Waals surface area contributed by atoms with E-state index in [0.29, 0.717) is 18.4 Å². The Labute approximate surface area is 267 Å². The number of ether oxygens (including phenoxy) is 2. The van der Waals surface area contributed by atoms with E-state index in [9.17, 15) is 10.0 Å². The molecule has 5 heteroatoms. The van der Waals surface area contributed by atoms with Crippen molar-refractivity contribution in [3.8, 4) is 16.9 Å². The van der Waals surface area contributed by atoms with Crippen molar-refractivity contribution in [2.75, 3.05) is 6.61 Å². The first kappa shape index (κ1) is 34.2. The Kier molecular flexibility index (Phi) is 12.9. The quantitative estimate of drug-likeness (QED) is 0.126. The summed E-state index contributed by atoms with van der Waals surface area (Å²) in [5.74, 6) is 1.27. The van der Waals surface area contributed by atoms with E-state index >= 15 is 0 Å². The van der Waals surface area contributed by atoms with Crippen LogP contribution >= 0.6 is 0 Å². The molecule has 0 bridgehead atoms. The van der Waals surface area contributed by atoms with Crippen LogP contribution in [0, 0.1) is 0 Å². The first-order chi connectivity index (χ1) is 21.3. The third kappa shape index (κ3) is 8.75. The fourth-order valence-corrected chi connectivity index (χ4v) is 7.13. The van der Waals surface area contributed by atoms with Gasteiger partial charge in [-0.05, 0) is 86.9 Å². The van der Waals surface area contributed by atoms with E-state index < -0.39 is 11.1 Å². The van der Waals surface area contributed by atoms with E-state index in [1.54, 1.807) is 0 Å². The number of rotatable bonds is 18. The molecule has 1 heterocycles. The molecule has 5 nitrogen and oxygen atoms in total. The van der Waals surface area contributed by atoms with Crippen LogP contribution in [0.4, 0.5) is 0 Å². The molecular formula is C39H56NO4. The molecule has 0 N–H and O–H groups in total. The highest BCUT2D eigenvalue weighted by molar-refractivity contribution is 5.90. The van der Waals surface area contributed by atoms with Gasteiger partial charge in [-0.15, -0.1) is 10.3 Å². The zero-order valence-corrected chi connectivity index (χ0v) is 27.9. The van der Waals surface area contributed by atoms with Gasteiger partial charge in [0.05, 0.1) is 23.2 Å². The molecular weight excluding hydrogens is 546 g/mol. The third-order valence-corrected chi connectivity index (χ3v) is 9.91. The third-order valence-electron chi connectivity index (χ3n) is 9.91. The normalized spacial score (nSPS) is 21.8. The molecule has 44 heavy (non-hydrogen) atoms. The van der Waals surface area contributed by atoms with Crippen LogP contribution in [-0.4, -0.2) is 28.7 Å². The Balaban J connectivity index is 1.32. The van der Waals surface area contributed by atoms with E-state index in [2.05, 4.69) is 39.8 Å². The lowest BCUT2D eigenvalue weighted by molar-refractivity contribution is -0.253. The molecule has 1 aliphatic heterocycles. The van der Waals surface area contributed by atoms with E-state index in [1.165, 1.54) is 69.3 Å². The summed E-state index contributed by atoms with van der Waals surface area (Å²) in [5, 5.41) is 15.0. The summed E-state index contributed by atoms with van der Waals surface area (Å²) in [4.78, 5) is 13.3. The molecule has 4 rings (SSSR count). The maximum atomic E-state index is 13.7. The van der Waals surface area contributed by atoms with Gasteiger partial charge in [-0.1, -0.05) is 109 Å². The first-order valence-corrected chi connectivity index (χ1v) is 17.6. The van der Waals surface area contributed by atoms with E-state index in [4.69, 9.17) is 9.47 Å². The molecule has 1 saturated heterocycles. The lowest BCUT2D eigenvalue weighted by Crippen LogP contribution is -2.49. The van der Waals surface area contributed by atoms with Crippen molar-refractivity contribution < 1.29 is 19.5 Å². The minimum atomic E-state index is -0.584. The van der Waals surface area contributed by atoms with Gasteiger partial charge >= 0.3 is 5.97 Å². The van der Waals surface area contributed by atoms with Gasteiger partial charge in [-0.25, -0.2) is 4.79 Å². The van der Waals surface area contributed by atoms with Crippen LogP contribution in [0.5, 0.6) is 5.75 Å². The summed E-state index contributed by atoms with van der Waals surface area (Å²) >= 11 is 0. The van der Waals surface area contributed by atoms with Crippen molar-refractivity contribution in [2.24, 2.45) is 0 Å². The van der Waals surface area contributed by atoms with Crippen molar-refractivity contribution in [3.63, 3.8) is 0 Å². The first-order valence-electron chi connectivity index (χ1n) is 17.6. The predicted molar refractivity (Wildman–Crippen MR) is 179 cm³/mol. The van der Waals surface area contributed by atoms with Crippen LogP contribution in [0.2, 0.25) is 0 Å². The Morgan fingerprint density at radius 2 is 1.34 bits per heavy atom. The van der Waals surface area contributed by atoms with Crippen molar-refractivity contribution in [1.82, 2.24) is 5.06 Å². The van der Waals surface area contributed by atoms with Crippen LogP contribution in [0.25, 0.3) is 11.1 Å². The number of allylic oxidation sites excluding steroid dienone is 1. The average Bonchev–Trinajstić information content (AvgIpc) is 3.24. The number of nitrogens with zero attached hydrogens (tertiary/aromatic N) is 1. The van der Waals surface area contributed by atoms with Crippen molar-refractivity contribution in [3.05, 3.63) is 65.4 Å². The second-order valence-corrected chi connectivity index (χ2v) is 13.6. The van der Waals surface area contributed by atoms with Crippen LogP contribution < -0.4 is 4.74 Å². The second kappa shape index (κ2) is 16.6. The minimum Gasteiger partial charge on any atom is -0.494 e. The Hall–Kier alpha value is -2.63. The molecule has 0 amide bonds. The fraction of sp³-hybridized carbons (Fsp3) is 0.615. The molecule has 1 radical (unpaired) electrons. The molecule has 2 aliphatic rings. The maximum Gasteiger partial charge on any atom is 0.343 e. The van der Waals surface area contributed by atoms with Crippen LogP contribution in [0.1, 0.15) is 147 Å². The summed E-state index contributed by atoms with van der Waals surface area (Å²) in [5.41, 5.74) is 2.67. The lowest BCUT2D eigenvalue weighted by Gasteiger charge is -2.38. The van der Waals surface area contributed by atoms with Gasteiger partial charge in [0.1, 0.15) is 11.5 Å². The van der Waals surface area contributed by atoms with Gasteiger partial charge in [-0.3, -0.25) is 0 Å². The summed E-state index contributed by atoms with van der Waals surface area (Å²) in [6.45, 7) is 9.39. The van der Waals surface area contributed by atoms with E-state index in [-0.39, 0.29) is 5.97 Å². The largest absolute Gasteiger partial charge is 0.494 e. The van der Waals surface area contributed by atoms with E-state index in [1.807, 2.05) is 36.4 Å². The highest BCUT2D eigenvalue weighted by Crippen LogP contribution is 2.52. The predicted octanol–water partition coefficient (Wildman–Crippen LogP) is 11.0. The molecule has 2 aromatic rings. The number of carbonyl (C=O) groups excluding carboxylic acids is 1. The average molecular weight is 603 g/mol. The zero-order chi connectivity index (χ0) is 31.4. The van der Waals surface area contributed by atoms with Gasteiger partial charge in [0.25, 0.3) is 0 Å². The SMILES string of the molecule is CCCCCCCCOc1ccc(-c2ccc(C(=O)OC3=C4CC(C)(CCCCCCCC)N([O])C4(C)CCC3)cc2)cc1. The summed E-state index contributed by atoms with van der Waals surface area (Å²) in [6, 6.07) is 15.8. The highest BCUT2D eigenvalue weighted by Gasteiger charge is 2.56.